The van der Waals surface area contributed by atoms with Gasteiger partial charge in [0, 0.05) is 5.56 Å². The van der Waals surface area contributed by atoms with Crippen molar-refractivity contribution in [1.29, 1.82) is 0 Å². The Morgan fingerprint density at radius 3 is 2.60 bits per heavy atom. The molecule has 0 saturated carbocycles. The van der Waals surface area contributed by atoms with Gasteiger partial charge in [0.1, 0.15) is 11.5 Å². The summed E-state index contributed by atoms with van der Waals surface area (Å²) in [5.74, 6) is 0.421. The third-order valence-electron chi connectivity index (χ3n) is 4.08. The van der Waals surface area contributed by atoms with Crippen LogP contribution < -0.4 is 11.1 Å². The molecule has 0 saturated heterocycles. The van der Waals surface area contributed by atoms with Crippen LogP contribution in [0.1, 0.15) is 16.8 Å². The summed E-state index contributed by atoms with van der Waals surface area (Å²) < 4.78 is 0. The number of rotatable bonds is 5. The predicted octanol–water partition coefficient (Wildman–Crippen LogP) is 4.29. The van der Waals surface area contributed by atoms with Crippen LogP contribution in [-0.2, 0) is 6.54 Å². The van der Waals surface area contributed by atoms with Crippen LogP contribution in [0.5, 0.6) is 0 Å². The summed E-state index contributed by atoms with van der Waals surface area (Å²) in [5.41, 5.74) is 12.6. The molecule has 0 atom stereocenters. The number of nitrogens with zero attached hydrogens (tertiary/aromatic N) is 3. The number of hydrogen-bond donors (Lipinski definition) is 2. The van der Waals surface area contributed by atoms with Crippen molar-refractivity contribution in [3.63, 3.8) is 0 Å². The molecule has 5 heteroatoms. The Hall–Kier alpha value is -3.21. The van der Waals surface area contributed by atoms with E-state index in [1.807, 2.05) is 37.3 Å². The lowest BCUT2D eigenvalue weighted by Crippen LogP contribution is -2.08. The zero-order valence-corrected chi connectivity index (χ0v) is 14.5. The number of para-hydroxylation sites is 1. The van der Waals surface area contributed by atoms with E-state index < -0.39 is 0 Å². The number of nitrogens with one attached hydrogen (secondary N) is 1. The fraction of sp³-hybridized carbons (Fsp3) is 0.150. The molecule has 126 valence electrons. The summed E-state index contributed by atoms with van der Waals surface area (Å²) in [4.78, 5) is 13.0. The maximum atomic E-state index is 6.02. The maximum absolute atomic E-state index is 6.02. The molecule has 3 aromatic rings. The lowest BCUT2D eigenvalue weighted by Gasteiger charge is -2.13. The van der Waals surface area contributed by atoms with E-state index in [0.717, 1.165) is 28.2 Å². The molecular formula is C20H21N5. The quantitative estimate of drug-likeness (QED) is 0.684. The van der Waals surface area contributed by atoms with E-state index in [1.165, 1.54) is 5.56 Å². The molecule has 0 aliphatic carbocycles. The van der Waals surface area contributed by atoms with Gasteiger partial charge in [-0.2, -0.15) is 0 Å². The minimum Gasteiger partial charge on any atom is -0.382 e. The predicted molar refractivity (Wildman–Crippen MR) is 104 cm³/mol. The molecule has 0 radical (unpaired) electrons. The molecule has 25 heavy (non-hydrogen) atoms. The van der Waals surface area contributed by atoms with E-state index in [9.17, 15) is 0 Å². The summed E-state index contributed by atoms with van der Waals surface area (Å²) in [6.45, 7) is 8.17. The Morgan fingerprint density at radius 2 is 1.88 bits per heavy atom. The first-order valence-electron chi connectivity index (χ1n) is 8.07. The Balaban J connectivity index is 1.87. The van der Waals surface area contributed by atoms with Crippen LogP contribution in [0.2, 0.25) is 0 Å². The maximum Gasteiger partial charge on any atom is 0.147 e. The highest BCUT2D eigenvalue weighted by atomic mass is 15.0. The molecule has 2 aromatic carbocycles. The molecule has 0 bridgehead atoms. The summed E-state index contributed by atoms with van der Waals surface area (Å²) in [7, 11) is 0. The second-order valence-electron chi connectivity index (χ2n) is 5.93. The number of nitrogens with two attached hydrogens (primary N) is 1. The number of benzene rings is 2. The minimum atomic E-state index is 0.421. The van der Waals surface area contributed by atoms with Gasteiger partial charge in [0.2, 0.25) is 0 Å². The number of nitrogen functional groups attached to an aromatic ring is 1. The normalized spacial score (nSPS) is 10.5. The van der Waals surface area contributed by atoms with Gasteiger partial charge >= 0.3 is 0 Å². The van der Waals surface area contributed by atoms with E-state index >= 15 is 0 Å². The van der Waals surface area contributed by atoms with Crippen molar-refractivity contribution >= 4 is 23.9 Å². The van der Waals surface area contributed by atoms with Crippen LogP contribution in [0.25, 0.3) is 11.3 Å². The molecule has 3 rings (SSSR count). The number of aliphatic imine (C=N–C) groups is 1. The largest absolute Gasteiger partial charge is 0.382 e. The van der Waals surface area contributed by atoms with Crippen molar-refractivity contribution in [2.75, 3.05) is 11.1 Å². The molecule has 0 spiro atoms. The Bertz CT molecular complexity index is 900. The number of anilines is 2. The Kier molecular flexibility index (Phi) is 4.75. The Morgan fingerprint density at radius 1 is 1.12 bits per heavy atom. The first kappa shape index (κ1) is 16.6. The van der Waals surface area contributed by atoms with Crippen LogP contribution in [0.15, 0.2) is 53.7 Å². The highest BCUT2D eigenvalue weighted by Gasteiger charge is 2.09. The van der Waals surface area contributed by atoms with Gasteiger partial charge in [0.05, 0.1) is 29.8 Å². The minimum absolute atomic E-state index is 0.421. The van der Waals surface area contributed by atoms with Crippen LogP contribution in [-0.4, -0.2) is 16.7 Å². The van der Waals surface area contributed by atoms with E-state index in [0.29, 0.717) is 18.1 Å². The van der Waals surface area contributed by atoms with Gasteiger partial charge in [-0.05, 0) is 32.2 Å². The number of aryl methyl sites for hydroxylation is 2. The first-order valence-corrected chi connectivity index (χ1v) is 8.07. The molecule has 0 aliphatic heterocycles. The van der Waals surface area contributed by atoms with E-state index in [-0.39, 0.29) is 0 Å². The van der Waals surface area contributed by atoms with Crippen molar-refractivity contribution in [1.82, 2.24) is 9.97 Å². The topological polar surface area (TPSA) is 76.2 Å². The standard InChI is InChI=1S/C20H21N5/c1-13-7-9-15(10-8-13)17-11-24-20(21)18(25-17)12-23-19-14(2)5-4-6-16(19)22-3/h4-11,23H,3,12H2,1-2H3,(H2,21,24). The first-order chi connectivity index (χ1) is 12.1. The number of hydrogen-bond acceptors (Lipinski definition) is 5. The summed E-state index contributed by atoms with van der Waals surface area (Å²) in [5, 5.41) is 3.36. The zero-order valence-electron chi connectivity index (χ0n) is 14.5. The average molecular weight is 331 g/mol. The molecule has 5 nitrogen and oxygen atoms in total. The third kappa shape index (κ3) is 3.66. The second kappa shape index (κ2) is 7.13. The van der Waals surface area contributed by atoms with Crippen molar-refractivity contribution < 1.29 is 0 Å². The number of aromatic nitrogens is 2. The van der Waals surface area contributed by atoms with Crippen molar-refractivity contribution in [3.05, 3.63) is 65.5 Å². The van der Waals surface area contributed by atoms with Gasteiger partial charge in [-0.3, -0.25) is 4.99 Å². The van der Waals surface area contributed by atoms with E-state index in [1.54, 1.807) is 6.20 Å². The van der Waals surface area contributed by atoms with Gasteiger partial charge in [0.15, 0.2) is 0 Å². The van der Waals surface area contributed by atoms with Gasteiger partial charge in [-0.1, -0.05) is 42.0 Å². The molecule has 1 aromatic heterocycles. The summed E-state index contributed by atoms with van der Waals surface area (Å²) >= 11 is 0. The lowest BCUT2D eigenvalue weighted by atomic mass is 10.1. The van der Waals surface area contributed by atoms with Gasteiger partial charge in [-0.25, -0.2) is 9.97 Å². The van der Waals surface area contributed by atoms with Gasteiger partial charge < -0.3 is 11.1 Å². The van der Waals surface area contributed by atoms with Crippen LogP contribution >= 0.6 is 0 Å². The van der Waals surface area contributed by atoms with Crippen molar-refractivity contribution in [2.45, 2.75) is 20.4 Å². The molecule has 0 fully saturated rings. The lowest BCUT2D eigenvalue weighted by molar-refractivity contribution is 1.02. The molecule has 0 amide bonds. The fourth-order valence-corrected chi connectivity index (χ4v) is 2.62. The van der Waals surface area contributed by atoms with Crippen LogP contribution in [0.3, 0.4) is 0 Å². The smallest absolute Gasteiger partial charge is 0.147 e. The third-order valence-corrected chi connectivity index (χ3v) is 4.08. The van der Waals surface area contributed by atoms with Crippen LogP contribution in [0.4, 0.5) is 17.2 Å². The Labute approximate surface area is 147 Å². The molecule has 0 unspecified atom stereocenters. The van der Waals surface area contributed by atoms with Crippen LogP contribution in [0, 0.1) is 13.8 Å². The molecule has 3 N–H and O–H groups in total. The SMILES string of the molecule is C=Nc1cccc(C)c1NCc1nc(-c2ccc(C)cc2)cnc1N. The second-order valence-corrected chi connectivity index (χ2v) is 5.93. The summed E-state index contributed by atoms with van der Waals surface area (Å²) in [6.07, 6.45) is 1.70. The monoisotopic (exact) mass is 331 g/mol. The van der Waals surface area contributed by atoms with E-state index in [2.05, 4.69) is 46.1 Å². The zero-order chi connectivity index (χ0) is 17.8. The van der Waals surface area contributed by atoms with Gasteiger partial charge in [-0.15, -0.1) is 0 Å². The van der Waals surface area contributed by atoms with E-state index in [4.69, 9.17) is 5.73 Å². The van der Waals surface area contributed by atoms with Crippen molar-refractivity contribution in [2.24, 2.45) is 4.99 Å². The van der Waals surface area contributed by atoms with Gasteiger partial charge in [0.25, 0.3) is 0 Å². The highest BCUT2D eigenvalue weighted by molar-refractivity contribution is 5.71. The highest BCUT2D eigenvalue weighted by Crippen LogP contribution is 2.28. The molecule has 0 aliphatic rings. The molecular weight excluding hydrogens is 310 g/mol. The fourth-order valence-electron chi connectivity index (χ4n) is 2.62. The summed E-state index contributed by atoms with van der Waals surface area (Å²) in [6, 6.07) is 14.1. The average Bonchev–Trinajstić information content (AvgIpc) is 2.62. The molecule has 1 heterocycles. The van der Waals surface area contributed by atoms with Crippen molar-refractivity contribution in [3.8, 4) is 11.3 Å².